The van der Waals surface area contributed by atoms with Gasteiger partial charge in [-0.3, -0.25) is 10.1 Å². The molecule has 0 spiro atoms. The fraction of sp³-hybridized carbons (Fsp3) is 0.125. The molecule has 36 heavy (non-hydrogen) atoms. The molecule has 1 heterocycles. The van der Waals surface area contributed by atoms with Crippen LogP contribution in [0.25, 0.3) is 49.4 Å². The molecule has 0 aliphatic rings. The Balaban J connectivity index is 1.70. The van der Waals surface area contributed by atoms with Gasteiger partial charge in [-0.15, -0.1) is 0 Å². The van der Waals surface area contributed by atoms with Gasteiger partial charge in [0.2, 0.25) is 0 Å². The molecule has 6 rings (SSSR count). The Hall–Kier alpha value is -4.44. The molecule has 0 amide bonds. The van der Waals surface area contributed by atoms with Crippen LogP contribution in [0, 0.1) is 10.1 Å². The summed E-state index contributed by atoms with van der Waals surface area (Å²) in [5.74, 6) is 0. The monoisotopic (exact) mass is 470 g/mol. The normalized spacial score (nSPS) is 12.0. The number of hydrogen-bond acceptors (Lipinski definition) is 2. The van der Waals surface area contributed by atoms with Crippen LogP contribution in [0.5, 0.6) is 0 Å². The van der Waals surface area contributed by atoms with Gasteiger partial charge >= 0.3 is 0 Å². The van der Waals surface area contributed by atoms with Crippen molar-refractivity contribution in [2.24, 2.45) is 0 Å². The molecule has 0 N–H and O–H groups in total. The SMILES string of the molecule is CC(C)(C)c1ccc(-n2c3cc(-c4ccccc4[N+](=O)[O-])ccc3c3c4ccccc4ccc32)cc1. The highest BCUT2D eigenvalue weighted by molar-refractivity contribution is 6.21. The highest BCUT2D eigenvalue weighted by Crippen LogP contribution is 2.40. The first kappa shape index (κ1) is 22.1. The van der Waals surface area contributed by atoms with Crippen LogP contribution < -0.4 is 0 Å². The van der Waals surface area contributed by atoms with Crippen molar-refractivity contribution < 1.29 is 4.92 Å². The molecule has 0 radical (unpaired) electrons. The van der Waals surface area contributed by atoms with E-state index in [0.29, 0.717) is 5.56 Å². The van der Waals surface area contributed by atoms with E-state index in [9.17, 15) is 10.1 Å². The van der Waals surface area contributed by atoms with E-state index in [0.717, 1.165) is 27.7 Å². The number of benzene rings is 5. The lowest BCUT2D eigenvalue weighted by Crippen LogP contribution is -2.10. The average molecular weight is 471 g/mol. The number of para-hydroxylation sites is 1. The largest absolute Gasteiger partial charge is 0.309 e. The predicted octanol–water partition coefficient (Wildman–Crippen LogP) is 8.81. The number of fused-ring (bicyclic) bond motifs is 5. The van der Waals surface area contributed by atoms with Gasteiger partial charge in [0.15, 0.2) is 0 Å². The van der Waals surface area contributed by atoms with Crippen molar-refractivity contribution in [2.45, 2.75) is 26.2 Å². The summed E-state index contributed by atoms with van der Waals surface area (Å²) in [6.07, 6.45) is 0. The molecule has 0 saturated carbocycles. The van der Waals surface area contributed by atoms with Gasteiger partial charge in [0.05, 0.1) is 21.5 Å². The zero-order chi connectivity index (χ0) is 25.0. The molecule has 0 aliphatic heterocycles. The van der Waals surface area contributed by atoms with Crippen LogP contribution in [0.1, 0.15) is 26.3 Å². The van der Waals surface area contributed by atoms with Crippen LogP contribution in [0.15, 0.2) is 103 Å². The average Bonchev–Trinajstić information content (AvgIpc) is 3.22. The van der Waals surface area contributed by atoms with Gasteiger partial charge in [-0.05, 0) is 57.6 Å². The predicted molar refractivity (Wildman–Crippen MR) is 149 cm³/mol. The number of nitro groups is 1. The second-order valence-electron chi connectivity index (χ2n) is 10.3. The smallest absolute Gasteiger partial charge is 0.277 e. The Labute approximate surface area is 209 Å². The van der Waals surface area contributed by atoms with Gasteiger partial charge in [-0.2, -0.15) is 0 Å². The first-order valence-electron chi connectivity index (χ1n) is 12.1. The summed E-state index contributed by atoms with van der Waals surface area (Å²) in [7, 11) is 0. The van der Waals surface area contributed by atoms with Gasteiger partial charge in [0, 0.05) is 22.5 Å². The molecule has 176 valence electrons. The van der Waals surface area contributed by atoms with Crippen LogP contribution in [0.3, 0.4) is 0 Å². The van der Waals surface area contributed by atoms with Crippen molar-refractivity contribution in [3.05, 3.63) is 119 Å². The molecule has 0 atom stereocenters. The summed E-state index contributed by atoms with van der Waals surface area (Å²) < 4.78 is 2.28. The van der Waals surface area contributed by atoms with Crippen LogP contribution >= 0.6 is 0 Å². The lowest BCUT2D eigenvalue weighted by molar-refractivity contribution is -0.384. The van der Waals surface area contributed by atoms with Crippen LogP contribution in [-0.2, 0) is 5.41 Å². The second kappa shape index (κ2) is 8.06. The molecular weight excluding hydrogens is 444 g/mol. The molecule has 0 saturated heterocycles. The van der Waals surface area contributed by atoms with E-state index in [4.69, 9.17) is 0 Å². The van der Waals surface area contributed by atoms with Gasteiger partial charge in [-0.1, -0.05) is 87.5 Å². The molecule has 0 unspecified atom stereocenters. The van der Waals surface area contributed by atoms with E-state index in [1.807, 2.05) is 18.2 Å². The maximum absolute atomic E-state index is 11.7. The summed E-state index contributed by atoms with van der Waals surface area (Å²) >= 11 is 0. The van der Waals surface area contributed by atoms with Gasteiger partial charge in [0.1, 0.15) is 0 Å². The van der Waals surface area contributed by atoms with E-state index in [1.165, 1.54) is 21.7 Å². The van der Waals surface area contributed by atoms with E-state index in [1.54, 1.807) is 12.1 Å². The third kappa shape index (κ3) is 3.45. The molecule has 4 nitrogen and oxygen atoms in total. The standard InChI is InChI=1S/C32H26N2O2/c1-32(2,3)23-14-16-24(17-15-23)33-29-19-13-21-8-4-5-10-26(21)31(29)27-18-12-22(20-30(27)33)25-9-6-7-11-28(25)34(35)36/h4-20H,1-3H3. The van der Waals surface area contributed by atoms with E-state index < -0.39 is 0 Å². The van der Waals surface area contributed by atoms with Gasteiger partial charge in [0.25, 0.3) is 5.69 Å². The fourth-order valence-corrected chi connectivity index (χ4v) is 5.22. The highest BCUT2D eigenvalue weighted by atomic mass is 16.6. The Bertz CT molecular complexity index is 1790. The first-order valence-corrected chi connectivity index (χ1v) is 12.1. The van der Waals surface area contributed by atoms with Crippen molar-refractivity contribution in [1.82, 2.24) is 4.57 Å². The minimum Gasteiger partial charge on any atom is -0.309 e. The number of nitrogens with zero attached hydrogens (tertiary/aromatic N) is 2. The third-order valence-electron chi connectivity index (χ3n) is 7.06. The number of nitro benzene ring substituents is 1. The Morgan fingerprint density at radius 3 is 2.19 bits per heavy atom. The second-order valence-corrected chi connectivity index (χ2v) is 10.3. The minimum atomic E-state index is -0.312. The van der Waals surface area contributed by atoms with Gasteiger partial charge < -0.3 is 4.57 Å². The zero-order valence-electron chi connectivity index (χ0n) is 20.5. The summed E-state index contributed by atoms with van der Waals surface area (Å²) in [5, 5.41) is 16.5. The topological polar surface area (TPSA) is 48.1 Å². The van der Waals surface area contributed by atoms with Crippen molar-refractivity contribution in [3.63, 3.8) is 0 Å². The van der Waals surface area contributed by atoms with E-state index >= 15 is 0 Å². The third-order valence-corrected chi connectivity index (χ3v) is 7.06. The molecule has 4 heteroatoms. The lowest BCUT2D eigenvalue weighted by atomic mass is 9.87. The zero-order valence-corrected chi connectivity index (χ0v) is 20.5. The van der Waals surface area contributed by atoms with Crippen molar-refractivity contribution in [3.8, 4) is 16.8 Å². The summed E-state index contributed by atoms with van der Waals surface area (Å²) in [5.41, 5.74) is 6.11. The number of aromatic nitrogens is 1. The van der Waals surface area contributed by atoms with Crippen molar-refractivity contribution in [1.29, 1.82) is 0 Å². The van der Waals surface area contributed by atoms with E-state index in [2.05, 4.69) is 98.1 Å². The first-order chi connectivity index (χ1) is 17.3. The van der Waals surface area contributed by atoms with Crippen LogP contribution in [-0.4, -0.2) is 9.49 Å². The summed E-state index contributed by atoms with van der Waals surface area (Å²) in [6.45, 7) is 6.65. The Kier molecular flexibility index (Phi) is 4.94. The maximum Gasteiger partial charge on any atom is 0.277 e. The molecule has 6 aromatic rings. The van der Waals surface area contributed by atoms with Gasteiger partial charge in [-0.25, -0.2) is 0 Å². The molecule has 0 aliphatic carbocycles. The Morgan fingerprint density at radius 2 is 1.44 bits per heavy atom. The number of hydrogen-bond donors (Lipinski definition) is 0. The summed E-state index contributed by atoms with van der Waals surface area (Å²) in [4.78, 5) is 11.4. The molecule has 5 aromatic carbocycles. The minimum absolute atomic E-state index is 0.0645. The maximum atomic E-state index is 11.7. The van der Waals surface area contributed by atoms with Crippen molar-refractivity contribution in [2.75, 3.05) is 0 Å². The van der Waals surface area contributed by atoms with Crippen LogP contribution in [0.4, 0.5) is 5.69 Å². The fourth-order valence-electron chi connectivity index (χ4n) is 5.22. The quantitative estimate of drug-likeness (QED) is 0.192. The molecule has 1 aromatic heterocycles. The highest BCUT2D eigenvalue weighted by Gasteiger charge is 2.19. The number of rotatable bonds is 3. The lowest BCUT2D eigenvalue weighted by Gasteiger charge is -2.19. The summed E-state index contributed by atoms with van der Waals surface area (Å²) in [6, 6.07) is 34.7. The molecular formula is C32H26N2O2. The molecule has 0 bridgehead atoms. The van der Waals surface area contributed by atoms with E-state index in [-0.39, 0.29) is 16.0 Å². The Morgan fingerprint density at radius 1 is 0.722 bits per heavy atom. The molecule has 0 fully saturated rings. The van der Waals surface area contributed by atoms with Crippen molar-refractivity contribution >= 4 is 38.3 Å². The van der Waals surface area contributed by atoms with Crippen LogP contribution in [0.2, 0.25) is 0 Å².